The summed E-state index contributed by atoms with van der Waals surface area (Å²) < 4.78 is 0. The largest absolute Gasteiger partial charge is 0.480 e. The lowest BCUT2D eigenvalue weighted by Crippen LogP contribution is -2.53. The molecule has 1 aliphatic heterocycles. The van der Waals surface area contributed by atoms with Crippen LogP contribution in [0.3, 0.4) is 0 Å². The smallest absolute Gasteiger partial charge is 0.324 e. The van der Waals surface area contributed by atoms with Gasteiger partial charge >= 0.3 is 5.97 Å². The first-order chi connectivity index (χ1) is 9.62. The number of carboxylic acid groups (broad SMARTS) is 1. The molecule has 0 aromatic carbocycles. The van der Waals surface area contributed by atoms with E-state index in [1.807, 2.05) is 0 Å². The molecule has 0 amide bonds. The van der Waals surface area contributed by atoms with Gasteiger partial charge in [-0.2, -0.15) is 0 Å². The highest BCUT2D eigenvalue weighted by Gasteiger charge is 2.47. The number of rotatable bonds is 6. The molecule has 0 aromatic rings. The van der Waals surface area contributed by atoms with Crippen LogP contribution in [0.25, 0.3) is 0 Å². The van der Waals surface area contributed by atoms with Crippen LogP contribution in [0.15, 0.2) is 0 Å². The Morgan fingerprint density at radius 2 is 2.20 bits per heavy atom. The first kappa shape index (κ1) is 15.8. The number of carboxylic acids is 1. The Morgan fingerprint density at radius 3 is 2.85 bits per heavy atom. The third-order valence-electron chi connectivity index (χ3n) is 5.62. The summed E-state index contributed by atoms with van der Waals surface area (Å²) >= 11 is 0. The molecule has 0 bridgehead atoms. The molecule has 1 saturated heterocycles. The second kappa shape index (κ2) is 6.90. The third-order valence-corrected chi connectivity index (χ3v) is 5.62. The molecular formula is C16H30N2O2. The number of hydrogen-bond donors (Lipinski definition) is 2. The van der Waals surface area contributed by atoms with Crippen LogP contribution in [0.5, 0.6) is 0 Å². The average molecular weight is 282 g/mol. The minimum absolute atomic E-state index is 0.284. The van der Waals surface area contributed by atoms with Gasteiger partial charge in [-0.1, -0.05) is 19.8 Å². The predicted octanol–water partition coefficient (Wildman–Crippen LogP) is 2.34. The molecular weight excluding hydrogens is 252 g/mol. The minimum Gasteiger partial charge on any atom is -0.480 e. The van der Waals surface area contributed by atoms with Gasteiger partial charge < -0.3 is 15.3 Å². The molecule has 20 heavy (non-hydrogen) atoms. The number of likely N-dealkylation sites (N-methyl/N-ethyl adjacent to an activating group) is 1. The average Bonchev–Trinajstić information content (AvgIpc) is 2.89. The van der Waals surface area contributed by atoms with Crippen LogP contribution in [-0.2, 0) is 4.79 Å². The Balaban J connectivity index is 1.88. The van der Waals surface area contributed by atoms with Crippen molar-refractivity contribution in [3.63, 3.8) is 0 Å². The molecule has 2 N–H and O–H groups in total. The highest BCUT2D eigenvalue weighted by atomic mass is 16.4. The fourth-order valence-corrected chi connectivity index (χ4v) is 4.21. The summed E-state index contributed by atoms with van der Waals surface area (Å²) in [5.74, 6) is 0.473. The summed E-state index contributed by atoms with van der Waals surface area (Å²) in [6.45, 7) is 5.76. The summed E-state index contributed by atoms with van der Waals surface area (Å²) in [7, 11) is 1.81. The van der Waals surface area contributed by atoms with Gasteiger partial charge in [0, 0.05) is 6.54 Å². The van der Waals surface area contributed by atoms with Gasteiger partial charge in [-0.15, -0.1) is 0 Å². The van der Waals surface area contributed by atoms with Crippen molar-refractivity contribution in [2.45, 2.75) is 57.4 Å². The lowest BCUT2D eigenvalue weighted by atomic mass is 9.84. The lowest BCUT2D eigenvalue weighted by Gasteiger charge is -2.35. The van der Waals surface area contributed by atoms with Crippen LogP contribution < -0.4 is 5.32 Å². The maximum absolute atomic E-state index is 11.6. The number of nitrogens with one attached hydrogen (secondary N) is 1. The van der Waals surface area contributed by atoms with Crippen LogP contribution in [-0.4, -0.2) is 48.2 Å². The number of carbonyl (C=O) groups is 1. The van der Waals surface area contributed by atoms with Crippen molar-refractivity contribution in [2.75, 3.05) is 26.7 Å². The van der Waals surface area contributed by atoms with E-state index in [2.05, 4.69) is 17.1 Å². The molecule has 1 aliphatic carbocycles. The Bertz CT molecular complexity index is 334. The van der Waals surface area contributed by atoms with Gasteiger partial charge in [0.05, 0.1) is 0 Å². The van der Waals surface area contributed by atoms with E-state index >= 15 is 0 Å². The standard InChI is InChI=1S/C16H30N2O2/c1-3-13-6-5-10-18(12-13)11-8-14-7-4-9-16(14,17-2)15(19)20/h13-14,17H,3-12H2,1-2H3,(H,19,20). The zero-order valence-corrected chi connectivity index (χ0v) is 13.0. The van der Waals surface area contributed by atoms with E-state index < -0.39 is 11.5 Å². The zero-order chi connectivity index (χ0) is 14.6. The minimum atomic E-state index is -0.667. The van der Waals surface area contributed by atoms with Gasteiger partial charge in [-0.25, -0.2) is 0 Å². The maximum Gasteiger partial charge on any atom is 0.324 e. The molecule has 3 atom stereocenters. The van der Waals surface area contributed by atoms with E-state index in [1.165, 1.54) is 32.4 Å². The van der Waals surface area contributed by atoms with E-state index in [1.54, 1.807) is 7.05 Å². The third kappa shape index (κ3) is 3.17. The van der Waals surface area contributed by atoms with Gasteiger partial charge in [0.25, 0.3) is 0 Å². The molecule has 0 spiro atoms. The van der Waals surface area contributed by atoms with Crippen molar-refractivity contribution in [3.05, 3.63) is 0 Å². The van der Waals surface area contributed by atoms with Crippen LogP contribution in [0, 0.1) is 11.8 Å². The van der Waals surface area contributed by atoms with Crippen molar-refractivity contribution >= 4 is 5.97 Å². The van der Waals surface area contributed by atoms with Gasteiger partial charge in [-0.05, 0) is 64.1 Å². The van der Waals surface area contributed by atoms with Gasteiger partial charge in [-0.3, -0.25) is 4.79 Å². The monoisotopic (exact) mass is 282 g/mol. The second-order valence-electron chi connectivity index (χ2n) is 6.62. The molecule has 1 saturated carbocycles. The summed E-state index contributed by atoms with van der Waals surface area (Å²) in [6, 6.07) is 0. The Labute approximate surface area is 122 Å². The number of aliphatic carboxylic acids is 1. The normalized spacial score (nSPS) is 35.3. The van der Waals surface area contributed by atoms with E-state index in [4.69, 9.17) is 0 Å². The molecule has 4 heteroatoms. The maximum atomic E-state index is 11.6. The summed E-state index contributed by atoms with van der Waals surface area (Å²) in [4.78, 5) is 14.2. The zero-order valence-electron chi connectivity index (χ0n) is 13.0. The van der Waals surface area contributed by atoms with Gasteiger partial charge in [0.2, 0.25) is 0 Å². The molecule has 0 aromatic heterocycles. The molecule has 2 fully saturated rings. The van der Waals surface area contributed by atoms with Crippen molar-refractivity contribution in [2.24, 2.45) is 11.8 Å². The number of hydrogen-bond acceptors (Lipinski definition) is 3. The fraction of sp³-hybridized carbons (Fsp3) is 0.938. The summed E-state index contributed by atoms with van der Waals surface area (Å²) in [6.07, 6.45) is 7.83. The van der Waals surface area contributed by atoms with Gasteiger partial charge in [0.15, 0.2) is 0 Å². The van der Waals surface area contributed by atoms with Crippen LogP contribution >= 0.6 is 0 Å². The van der Waals surface area contributed by atoms with Crippen molar-refractivity contribution in [1.29, 1.82) is 0 Å². The molecule has 2 rings (SSSR count). The summed E-state index contributed by atoms with van der Waals surface area (Å²) in [5, 5.41) is 12.7. The SMILES string of the molecule is CCC1CCCN(CCC2CCCC2(NC)C(=O)O)C1. The first-order valence-electron chi connectivity index (χ1n) is 8.27. The Morgan fingerprint density at radius 1 is 1.40 bits per heavy atom. The topological polar surface area (TPSA) is 52.6 Å². The second-order valence-corrected chi connectivity index (χ2v) is 6.62. The quantitative estimate of drug-likeness (QED) is 0.785. The van der Waals surface area contributed by atoms with Crippen LogP contribution in [0.1, 0.15) is 51.9 Å². The fourth-order valence-electron chi connectivity index (χ4n) is 4.21. The first-order valence-corrected chi connectivity index (χ1v) is 8.27. The van der Waals surface area contributed by atoms with E-state index in [9.17, 15) is 9.90 Å². The number of likely N-dealkylation sites (tertiary alicyclic amines) is 1. The molecule has 116 valence electrons. The van der Waals surface area contributed by atoms with E-state index in [0.717, 1.165) is 38.1 Å². The van der Waals surface area contributed by atoms with Crippen molar-refractivity contribution in [1.82, 2.24) is 10.2 Å². The Hall–Kier alpha value is -0.610. The van der Waals surface area contributed by atoms with Crippen LogP contribution in [0.2, 0.25) is 0 Å². The van der Waals surface area contributed by atoms with E-state index in [0.29, 0.717) is 0 Å². The highest BCUT2D eigenvalue weighted by molar-refractivity contribution is 5.79. The van der Waals surface area contributed by atoms with Gasteiger partial charge in [0.1, 0.15) is 5.54 Å². The Kier molecular flexibility index (Phi) is 5.44. The van der Waals surface area contributed by atoms with Crippen molar-refractivity contribution in [3.8, 4) is 0 Å². The molecule has 4 nitrogen and oxygen atoms in total. The lowest BCUT2D eigenvalue weighted by molar-refractivity contribution is -0.146. The molecule has 1 heterocycles. The van der Waals surface area contributed by atoms with E-state index in [-0.39, 0.29) is 5.92 Å². The molecule has 2 aliphatic rings. The summed E-state index contributed by atoms with van der Waals surface area (Å²) in [5.41, 5.74) is -0.667. The molecule has 3 unspecified atom stereocenters. The number of nitrogens with zero attached hydrogens (tertiary/aromatic N) is 1. The molecule has 0 radical (unpaired) electrons. The number of piperidine rings is 1. The van der Waals surface area contributed by atoms with Crippen molar-refractivity contribution < 1.29 is 9.90 Å². The predicted molar refractivity (Wildman–Crippen MR) is 80.8 cm³/mol. The highest BCUT2D eigenvalue weighted by Crippen LogP contribution is 2.38. The van der Waals surface area contributed by atoms with Crippen LogP contribution in [0.4, 0.5) is 0 Å².